The molecule has 4 nitrogen and oxygen atoms in total. The van der Waals surface area contributed by atoms with E-state index in [1.807, 2.05) is 27.0 Å². The Morgan fingerprint density at radius 1 is 1.39 bits per heavy atom. The molecule has 1 aliphatic rings. The highest BCUT2D eigenvalue weighted by Gasteiger charge is 2.21. The fourth-order valence-corrected chi connectivity index (χ4v) is 2.54. The summed E-state index contributed by atoms with van der Waals surface area (Å²) in [6.07, 6.45) is 2.00. The zero-order chi connectivity index (χ0) is 13.3. The van der Waals surface area contributed by atoms with Crippen LogP contribution >= 0.6 is 0 Å². The van der Waals surface area contributed by atoms with Gasteiger partial charge in [0, 0.05) is 43.1 Å². The van der Waals surface area contributed by atoms with Crippen LogP contribution in [0.2, 0.25) is 0 Å². The summed E-state index contributed by atoms with van der Waals surface area (Å²) in [5.74, 6) is 0.228. The van der Waals surface area contributed by atoms with Gasteiger partial charge in [-0.15, -0.1) is 0 Å². The maximum absolute atomic E-state index is 12.3. The highest BCUT2D eigenvalue weighted by Crippen LogP contribution is 2.15. The van der Waals surface area contributed by atoms with Crippen molar-refractivity contribution in [3.05, 3.63) is 23.0 Å². The molecule has 1 aromatic rings. The fourth-order valence-electron chi connectivity index (χ4n) is 2.54. The molecule has 2 N–H and O–H groups in total. The molecule has 0 atom stereocenters. The summed E-state index contributed by atoms with van der Waals surface area (Å²) >= 11 is 0. The highest BCUT2D eigenvalue weighted by atomic mass is 16.1. The van der Waals surface area contributed by atoms with Crippen LogP contribution in [-0.4, -0.2) is 40.9 Å². The Labute approximate surface area is 109 Å². The molecule has 2 heterocycles. The maximum atomic E-state index is 12.3. The van der Waals surface area contributed by atoms with Gasteiger partial charge in [0.2, 0.25) is 0 Å². The molecule has 0 aromatic carbocycles. The van der Waals surface area contributed by atoms with E-state index in [4.69, 9.17) is 5.73 Å². The molecule has 18 heavy (non-hydrogen) atoms. The number of hydrogen-bond donors (Lipinski definition) is 1. The van der Waals surface area contributed by atoms with Crippen LogP contribution in [0.4, 0.5) is 0 Å². The Kier molecular flexibility index (Phi) is 3.88. The number of ketones is 1. The van der Waals surface area contributed by atoms with Gasteiger partial charge in [0.25, 0.3) is 0 Å². The predicted molar refractivity (Wildman–Crippen MR) is 72.9 cm³/mol. The number of likely N-dealkylation sites (tertiary alicyclic amines) is 1. The van der Waals surface area contributed by atoms with Crippen LogP contribution in [0.3, 0.4) is 0 Å². The van der Waals surface area contributed by atoms with Crippen LogP contribution in [0, 0.1) is 13.8 Å². The number of nitrogens with two attached hydrogens (primary N) is 1. The lowest BCUT2D eigenvalue weighted by Crippen LogP contribution is -2.42. The number of carbonyl (C=O) groups is 1. The number of carbonyl (C=O) groups excluding carboxylic acids is 1. The summed E-state index contributed by atoms with van der Waals surface area (Å²) in [5.41, 5.74) is 8.93. The molecule has 1 saturated heterocycles. The normalized spacial score (nSPS) is 18.2. The van der Waals surface area contributed by atoms with E-state index in [1.165, 1.54) is 0 Å². The van der Waals surface area contributed by atoms with Gasteiger partial charge in [0.05, 0.1) is 6.54 Å². The largest absolute Gasteiger partial charge is 0.351 e. The predicted octanol–water partition coefficient (Wildman–Crippen LogP) is 1.25. The Morgan fingerprint density at radius 3 is 2.50 bits per heavy atom. The van der Waals surface area contributed by atoms with E-state index < -0.39 is 0 Å². The number of piperidine rings is 1. The first-order valence-electron chi connectivity index (χ1n) is 6.63. The number of aromatic nitrogens is 1. The van der Waals surface area contributed by atoms with Gasteiger partial charge in [-0.3, -0.25) is 9.69 Å². The fraction of sp³-hybridized carbons (Fsp3) is 0.643. The van der Waals surface area contributed by atoms with Crippen LogP contribution in [-0.2, 0) is 7.05 Å². The third-order valence-electron chi connectivity index (χ3n) is 4.08. The van der Waals surface area contributed by atoms with E-state index >= 15 is 0 Å². The zero-order valence-corrected chi connectivity index (χ0v) is 11.6. The molecule has 1 aromatic heterocycles. The third-order valence-corrected chi connectivity index (χ3v) is 4.08. The summed E-state index contributed by atoms with van der Waals surface area (Å²) in [4.78, 5) is 14.5. The van der Waals surface area contributed by atoms with Crippen molar-refractivity contribution in [3.63, 3.8) is 0 Å². The Morgan fingerprint density at radius 2 is 2.00 bits per heavy atom. The lowest BCUT2D eigenvalue weighted by molar-refractivity contribution is 0.0909. The molecular weight excluding hydrogens is 226 g/mol. The summed E-state index contributed by atoms with van der Waals surface area (Å²) in [6.45, 7) is 6.45. The molecule has 4 heteroatoms. The van der Waals surface area contributed by atoms with E-state index in [9.17, 15) is 4.79 Å². The van der Waals surface area contributed by atoms with E-state index in [-0.39, 0.29) is 5.78 Å². The molecule has 0 unspecified atom stereocenters. The second kappa shape index (κ2) is 5.24. The number of nitrogens with zero attached hydrogens (tertiary/aromatic N) is 2. The topological polar surface area (TPSA) is 51.3 Å². The van der Waals surface area contributed by atoms with Crippen LogP contribution in [0.25, 0.3) is 0 Å². The van der Waals surface area contributed by atoms with Crippen molar-refractivity contribution in [2.24, 2.45) is 12.8 Å². The van der Waals surface area contributed by atoms with E-state index in [0.717, 1.165) is 42.9 Å². The molecule has 1 fully saturated rings. The second-order valence-electron chi connectivity index (χ2n) is 5.38. The van der Waals surface area contributed by atoms with Crippen LogP contribution in [0.15, 0.2) is 6.07 Å². The quantitative estimate of drug-likeness (QED) is 0.820. The van der Waals surface area contributed by atoms with E-state index in [1.54, 1.807) is 0 Å². The first kappa shape index (κ1) is 13.3. The van der Waals surface area contributed by atoms with Gasteiger partial charge in [0.15, 0.2) is 5.78 Å². The Balaban J connectivity index is 2.01. The molecule has 0 bridgehead atoms. The first-order valence-corrected chi connectivity index (χ1v) is 6.63. The maximum Gasteiger partial charge on any atom is 0.178 e. The smallest absolute Gasteiger partial charge is 0.178 e. The van der Waals surface area contributed by atoms with Gasteiger partial charge in [-0.05, 0) is 32.8 Å². The summed E-state index contributed by atoms with van der Waals surface area (Å²) in [6, 6.07) is 2.31. The van der Waals surface area contributed by atoms with Crippen molar-refractivity contribution < 1.29 is 4.79 Å². The van der Waals surface area contributed by atoms with E-state index in [2.05, 4.69) is 9.47 Å². The molecule has 0 spiro atoms. The lowest BCUT2D eigenvalue weighted by Gasteiger charge is -2.29. The van der Waals surface area contributed by atoms with Gasteiger partial charge in [0.1, 0.15) is 0 Å². The van der Waals surface area contributed by atoms with Gasteiger partial charge in [-0.2, -0.15) is 0 Å². The van der Waals surface area contributed by atoms with Crippen molar-refractivity contribution in [1.82, 2.24) is 9.47 Å². The van der Waals surface area contributed by atoms with Gasteiger partial charge < -0.3 is 10.3 Å². The average Bonchev–Trinajstić information content (AvgIpc) is 2.60. The second-order valence-corrected chi connectivity index (χ2v) is 5.38. The van der Waals surface area contributed by atoms with Crippen molar-refractivity contribution in [3.8, 4) is 0 Å². The van der Waals surface area contributed by atoms with Crippen LogP contribution < -0.4 is 5.73 Å². The Hall–Kier alpha value is -1.13. The molecule has 0 radical (unpaired) electrons. The summed E-state index contributed by atoms with van der Waals surface area (Å²) in [7, 11) is 2.00. The van der Waals surface area contributed by atoms with Crippen molar-refractivity contribution in [2.45, 2.75) is 32.7 Å². The van der Waals surface area contributed by atoms with E-state index in [0.29, 0.717) is 12.6 Å². The molecule has 0 amide bonds. The standard InChI is InChI=1S/C14H23N3O/c1-10-8-13(11(2)16(10)3)14(18)9-17-6-4-12(15)5-7-17/h8,12H,4-7,9,15H2,1-3H3. The minimum absolute atomic E-state index is 0.228. The Bertz CT molecular complexity index is 442. The van der Waals surface area contributed by atoms with Crippen LogP contribution in [0.5, 0.6) is 0 Å². The SMILES string of the molecule is Cc1cc(C(=O)CN2CCC(N)CC2)c(C)n1C. The van der Waals surface area contributed by atoms with Gasteiger partial charge >= 0.3 is 0 Å². The number of Topliss-reactive ketones (excluding diaryl/α,β-unsaturated/α-hetero) is 1. The summed E-state index contributed by atoms with van der Waals surface area (Å²) in [5, 5.41) is 0. The highest BCUT2D eigenvalue weighted by molar-refractivity contribution is 5.99. The number of hydrogen-bond acceptors (Lipinski definition) is 3. The van der Waals surface area contributed by atoms with Gasteiger partial charge in [-0.1, -0.05) is 0 Å². The van der Waals surface area contributed by atoms with Crippen molar-refractivity contribution in [1.29, 1.82) is 0 Å². The molecule has 0 aliphatic carbocycles. The zero-order valence-electron chi connectivity index (χ0n) is 11.6. The molecule has 1 aliphatic heterocycles. The average molecular weight is 249 g/mol. The number of aryl methyl sites for hydroxylation is 1. The first-order chi connectivity index (χ1) is 8.49. The van der Waals surface area contributed by atoms with Crippen LogP contribution in [0.1, 0.15) is 34.6 Å². The minimum Gasteiger partial charge on any atom is -0.351 e. The van der Waals surface area contributed by atoms with Crippen molar-refractivity contribution in [2.75, 3.05) is 19.6 Å². The summed E-state index contributed by atoms with van der Waals surface area (Å²) < 4.78 is 2.07. The molecule has 100 valence electrons. The molecule has 2 rings (SSSR count). The monoisotopic (exact) mass is 249 g/mol. The van der Waals surface area contributed by atoms with Crippen molar-refractivity contribution >= 4 is 5.78 Å². The molecular formula is C14H23N3O. The third kappa shape index (κ3) is 2.65. The molecule has 0 saturated carbocycles. The number of rotatable bonds is 3. The van der Waals surface area contributed by atoms with Gasteiger partial charge in [-0.25, -0.2) is 0 Å². The minimum atomic E-state index is 0.228. The lowest BCUT2D eigenvalue weighted by atomic mass is 10.0.